The molecule has 0 unspecified atom stereocenters. The van der Waals surface area contributed by atoms with Crippen LogP contribution in [0.3, 0.4) is 0 Å². The van der Waals surface area contributed by atoms with Crippen LogP contribution >= 0.6 is 0 Å². The summed E-state index contributed by atoms with van der Waals surface area (Å²) < 4.78 is 0. The van der Waals surface area contributed by atoms with Gasteiger partial charge < -0.3 is 4.84 Å². The summed E-state index contributed by atoms with van der Waals surface area (Å²) in [4.78, 5) is 4.40. The van der Waals surface area contributed by atoms with Crippen LogP contribution in [0.25, 0.3) is 0 Å². The number of hydrogen-bond donors (Lipinski definition) is 0. The summed E-state index contributed by atoms with van der Waals surface area (Å²) in [6, 6.07) is 0. The third kappa shape index (κ3) is 5.21. The van der Waals surface area contributed by atoms with Gasteiger partial charge in [0.05, 0.1) is 0 Å². The fraction of sp³-hybridized carbons (Fsp3) is 0.333. The first-order valence-corrected chi connectivity index (χ1v) is 2.41. The van der Waals surface area contributed by atoms with Crippen LogP contribution in [-0.2, 0) is 4.84 Å². The summed E-state index contributed by atoms with van der Waals surface area (Å²) in [5, 5.41) is 3.51. The molecule has 0 N–H and O–H groups in total. The van der Waals surface area contributed by atoms with E-state index in [1.165, 1.54) is 7.11 Å². The van der Waals surface area contributed by atoms with Crippen molar-refractivity contribution >= 4 is 6.21 Å². The molecule has 0 aromatic heterocycles. The second kappa shape index (κ2) is 6.21. The second-order valence-corrected chi connectivity index (χ2v) is 1.18. The SMILES string of the molecule is [CH2]/C=C/C/C=N/OC. The van der Waals surface area contributed by atoms with Gasteiger partial charge in [0.25, 0.3) is 0 Å². The van der Waals surface area contributed by atoms with E-state index in [1.54, 1.807) is 12.3 Å². The van der Waals surface area contributed by atoms with Crippen molar-refractivity contribution in [2.24, 2.45) is 5.16 Å². The van der Waals surface area contributed by atoms with Crippen LogP contribution in [0.2, 0.25) is 0 Å². The molecule has 0 saturated carbocycles. The van der Waals surface area contributed by atoms with Gasteiger partial charge in [-0.2, -0.15) is 0 Å². The number of oxime groups is 1. The largest absolute Gasteiger partial charge is 0.399 e. The predicted octanol–water partition coefficient (Wildman–Crippen LogP) is 1.40. The van der Waals surface area contributed by atoms with Gasteiger partial charge in [-0.1, -0.05) is 17.3 Å². The molecule has 0 aliphatic carbocycles. The van der Waals surface area contributed by atoms with Gasteiger partial charge >= 0.3 is 0 Å². The number of nitrogens with zero attached hydrogens (tertiary/aromatic N) is 1. The summed E-state index contributed by atoms with van der Waals surface area (Å²) in [5.41, 5.74) is 0. The van der Waals surface area contributed by atoms with E-state index < -0.39 is 0 Å². The first-order chi connectivity index (χ1) is 3.91. The average Bonchev–Trinajstić information content (AvgIpc) is 1.81. The topological polar surface area (TPSA) is 21.6 Å². The Labute approximate surface area is 49.8 Å². The number of hydrogen-bond acceptors (Lipinski definition) is 2. The highest BCUT2D eigenvalue weighted by atomic mass is 16.6. The van der Waals surface area contributed by atoms with Gasteiger partial charge in [-0.3, -0.25) is 0 Å². The summed E-state index contributed by atoms with van der Waals surface area (Å²) in [6.07, 6.45) is 6.07. The third-order valence-electron chi connectivity index (χ3n) is 0.588. The van der Waals surface area contributed by atoms with Gasteiger partial charge in [0.15, 0.2) is 0 Å². The summed E-state index contributed by atoms with van der Waals surface area (Å²) >= 11 is 0. The molecule has 2 heteroatoms. The zero-order valence-electron chi connectivity index (χ0n) is 5.00. The molecule has 0 atom stereocenters. The van der Waals surface area contributed by atoms with Gasteiger partial charge in [0.1, 0.15) is 7.11 Å². The van der Waals surface area contributed by atoms with Crippen LogP contribution in [0.5, 0.6) is 0 Å². The van der Waals surface area contributed by atoms with E-state index in [1.807, 2.05) is 6.08 Å². The standard InChI is InChI=1S/C6H10NO/c1-3-4-5-6-7-8-2/h3-4,6H,1,5H2,2H3/b4-3+,7-6+. The minimum Gasteiger partial charge on any atom is -0.399 e. The van der Waals surface area contributed by atoms with Crippen molar-refractivity contribution in [2.45, 2.75) is 6.42 Å². The van der Waals surface area contributed by atoms with Crippen molar-refractivity contribution in [1.82, 2.24) is 0 Å². The molecule has 1 radical (unpaired) electrons. The maximum absolute atomic E-state index is 4.40. The number of allylic oxidation sites excluding steroid dienone is 2. The van der Waals surface area contributed by atoms with Crippen molar-refractivity contribution in [1.29, 1.82) is 0 Å². The van der Waals surface area contributed by atoms with Gasteiger partial charge in [0.2, 0.25) is 0 Å². The Balaban J connectivity index is 3.03. The summed E-state index contributed by atoms with van der Waals surface area (Å²) in [7, 11) is 1.52. The van der Waals surface area contributed by atoms with E-state index in [-0.39, 0.29) is 0 Å². The van der Waals surface area contributed by atoms with Crippen molar-refractivity contribution in [3.63, 3.8) is 0 Å². The Hall–Kier alpha value is -0.790. The van der Waals surface area contributed by atoms with Gasteiger partial charge in [-0.25, -0.2) is 0 Å². The highest BCUT2D eigenvalue weighted by Crippen LogP contribution is 1.76. The molecule has 0 heterocycles. The minimum atomic E-state index is 0.789. The number of rotatable bonds is 3. The molecule has 2 nitrogen and oxygen atoms in total. The van der Waals surface area contributed by atoms with Crippen LogP contribution < -0.4 is 0 Å². The Morgan fingerprint density at radius 1 is 1.75 bits per heavy atom. The molecule has 0 aromatic rings. The molecule has 0 aliphatic heterocycles. The molecule has 0 saturated heterocycles. The Kier molecular flexibility index (Phi) is 5.60. The van der Waals surface area contributed by atoms with Crippen LogP contribution in [0.1, 0.15) is 6.42 Å². The molecule has 0 spiro atoms. The van der Waals surface area contributed by atoms with E-state index in [2.05, 4.69) is 16.9 Å². The first-order valence-electron chi connectivity index (χ1n) is 2.41. The molecule has 45 valence electrons. The third-order valence-corrected chi connectivity index (χ3v) is 0.588. The second-order valence-electron chi connectivity index (χ2n) is 1.18. The molecule has 8 heavy (non-hydrogen) atoms. The summed E-state index contributed by atoms with van der Waals surface area (Å²) in [5.74, 6) is 0. The monoisotopic (exact) mass is 112 g/mol. The fourth-order valence-electron chi connectivity index (χ4n) is 0.275. The predicted molar refractivity (Wildman–Crippen MR) is 34.6 cm³/mol. The van der Waals surface area contributed by atoms with Crippen LogP contribution in [0.15, 0.2) is 17.3 Å². The lowest BCUT2D eigenvalue weighted by Crippen LogP contribution is -1.71. The quantitative estimate of drug-likeness (QED) is 0.399. The molecular weight excluding hydrogens is 102 g/mol. The average molecular weight is 112 g/mol. The van der Waals surface area contributed by atoms with Crippen molar-refractivity contribution in [3.05, 3.63) is 19.1 Å². The van der Waals surface area contributed by atoms with Gasteiger partial charge in [0, 0.05) is 12.6 Å². The van der Waals surface area contributed by atoms with Crippen LogP contribution in [0.4, 0.5) is 0 Å². The Morgan fingerprint density at radius 3 is 3.00 bits per heavy atom. The fourth-order valence-corrected chi connectivity index (χ4v) is 0.275. The van der Waals surface area contributed by atoms with Crippen molar-refractivity contribution in [3.8, 4) is 0 Å². The molecular formula is C6H10NO. The zero-order valence-corrected chi connectivity index (χ0v) is 5.00. The lowest BCUT2D eigenvalue weighted by molar-refractivity contribution is 0.215. The van der Waals surface area contributed by atoms with Gasteiger partial charge in [-0.15, -0.1) is 0 Å². The highest BCUT2D eigenvalue weighted by Gasteiger charge is 1.66. The molecule has 0 rings (SSSR count). The lowest BCUT2D eigenvalue weighted by Gasteiger charge is -1.80. The first kappa shape index (κ1) is 7.21. The molecule has 0 fully saturated rings. The van der Waals surface area contributed by atoms with Crippen molar-refractivity contribution in [2.75, 3.05) is 7.11 Å². The minimum absolute atomic E-state index is 0.789. The molecule has 0 bridgehead atoms. The van der Waals surface area contributed by atoms with Gasteiger partial charge in [-0.05, 0) is 6.92 Å². The van der Waals surface area contributed by atoms with Crippen LogP contribution in [0, 0.1) is 6.92 Å². The van der Waals surface area contributed by atoms with Crippen LogP contribution in [-0.4, -0.2) is 13.3 Å². The van der Waals surface area contributed by atoms with Crippen molar-refractivity contribution < 1.29 is 4.84 Å². The Bertz CT molecular complexity index is 86.5. The van der Waals surface area contributed by atoms with E-state index in [0.29, 0.717) is 0 Å². The molecule has 0 aromatic carbocycles. The van der Waals surface area contributed by atoms with E-state index in [4.69, 9.17) is 0 Å². The lowest BCUT2D eigenvalue weighted by atomic mass is 10.4. The Morgan fingerprint density at radius 2 is 2.50 bits per heavy atom. The zero-order chi connectivity index (χ0) is 6.24. The normalized spacial score (nSPS) is 11.2. The highest BCUT2D eigenvalue weighted by molar-refractivity contribution is 5.58. The molecule has 0 amide bonds. The molecule has 0 aliphatic rings. The van der Waals surface area contributed by atoms with E-state index in [0.717, 1.165) is 6.42 Å². The van der Waals surface area contributed by atoms with E-state index in [9.17, 15) is 0 Å². The summed E-state index contributed by atoms with van der Waals surface area (Å²) in [6.45, 7) is 3.50. The van der Waals surface area contributed by atoms with E-state index >= 15 is 0 Å². The maximum Gasteiger partial charge on any atom is 0.106 e. The maximum atomic E-state index is 4.40. The smallest absolute Gasteiger partial charge is 0.106 e.